The van der Waals surface area contributed by atoms with E-state index in [1.165, 1.54) is 0 Å². The number of hydrogen-bond acceptors (Lipinski definition) is 3. The lowest BCUT2D eigenvalue weighted by atomic mass is 10.1. The van der Waals surface area contributed by atoms with Gasteiger partial charge in [0.15, 0.2) is 6.10 Å². The first kappa shape index (κ1) is 23.5. The highest BCUT2D eigenvalue weighted by Crippen LogP contribution is 2.28. The third kappa shape index (κ3) is 6.69. The summed E-state index contributed by atoms with van der Waals surface area (Å²) in [5.74, 6) is 0.366. The van der Waals surface area contributed by atoms with Crippen molar-refractivity contribution >= 4 is 39.1 Å². The summed E-state index contributed by atoms with van der Waals surface area (Å²) in [4.78, 5) is 25.0. The van der Waals surface area contributed by atoms with Crippen LogP contribution < -0.4 is 15.4 Å². The van der Waals surface area contributed by atoms with Crippen molar-refractivity contribution in [3.63, 3.8) is 0 Å². The van der Waals surface area contributed by atoms with Gasteiger partial charge in [0.05, 0.1) is 0 Å². The van der Waals surface area contributed by atoms with Gasteiger partial charge in [-0.15, -0.1) is 0 Å². The predicted molar refractivity (Wildman–Crippen MR) is 132 cm³/mol. The van der Waals surface area contributed by atoms with Gasteiger partial charge in [-0.1, -0.05) is 52.3 Å². The lowest BCUT2D eigenvalue weighted by Crippen LogP contribution is -2.30. The maximum atomic E-state index is 12.7. The molecule has 32 heavy (non-hydrogen) atoms. The van der Waals surface area contributed by atoms with E-state index in [4.69, 9.17) is 4.74 Å². The van der Waals surface area contributed by atoms with Gasteiger partial charge in [-0.25, -0.2) is 0 Å². The third-order valence-electron chi connectivity index (χ3n) is 4.99. The number of halogens is 1. The van der Waals surface area contributed by atoms with Crippen LogP contribution >= 0.6 is 15.9 Å². The predicted octanol–water partition coefficient (Wildman–Crippen LogP) is 6.04. The smallest absolute Gasteiger partial charge is 0.265 e. The minimum atomic E-state index is -0.683. The van der Waals surface area contributed by atoms with Crippen molar-refractivity contribution in [1.29, 1.82) is 0 Å². The quantitative estimate of drug-likeness (QED) is 0.400. The summed E-state index contributed by atoms with van der Waals surface area (Å²) in [6, 6.07) is 20.9. The highest BCUT2D eigenvalue weighted by molar-refractivity contribution is 9.10. The van der Waals surface area contributed by atoms with Crippen LogP contribution in [0.25, 0.3) is 0 Å². The molecule has 0 aliphatic rings. The van der Waals surface area contributed by atoms with E-state index < -0.39 is 6.10 Å². The molecule has 0 aliphatic heterocycles. The number of nitrogens with one attached hydrogen (secondary N) is 2. The van der Waals surface area contributed by atoms with Crippen LogP contribution in [-0.4, -0.2) is 17.9 Å². The molecule has 1 atom stereocenters. The van der Waals surface area contributed by atoms with Crippen LogP contribution in [-0.2, 0) is 16.0 Å². The molecule has 0 saturated heterocycles. The molecular formula is C26H27BrN2O3. The average Bonchev–Trinajstić information content (AvgIpc) is 2.75. The second-order valence-electron chi connectivity index (χ2n) is 7.73. The lowest BCUT2D eigenvalue weighted by molar-refractivity contribution is -0.122. The number of amides is 2. The molecule has 166 valence electrons. The molecule has 0 aliphatic carbocycles. The fourth-order valence-electron chi connectivity index (χ4n) is 3.36. The van der Waals surface area contributed by atoms with Gasteiger partial charge in [-0.05, 0) is 74.2 Å². The third-order valence-corrected chi connectivity index (χ3v) is 5.44. The molecule has 1 unspecified atom stereocenters. The molecule has 0 saturated carbocycles. The maximum absolute atomic E-state index is 12.7. The van der Waals surface area contributed by atoms with E-state index in [-0.39, 0.29) is 11.8 Å². The largest absolute Gasteiger partial charge is 0.480 e. The standard InChI is InChI=1S/C26H27BrN2O3/c1-17-14-21(27)15-18(2)25(17)32-19(3)26(31)29-23-11-7-10-22(16-23)28-24(30)13-12-20-8-5-4-6-9-20/h4-11,14-16,19H,12-13H2,1-3H3,(H,28,30)(H,29,31). The highest BCUT2D eigenvalue weighted by atomic mass is 79.9. The van der Waals surface area contributed by atoms with Crippen LogP contribution in [0.4, 0.5) is 11.4 Å². The first-order valence-corrected chi connectivity index (χ1v) is 11.3. The van der Waals surface area contributed by atoms with Gasteiger partial charge in [0.2, 0.25) is 5.91 Å². The van der Waals surface area contributed by atoms with Gasteiger partial charge in [0, 0.05) is 22.3 Å². The highest BCUT2D eigenvalue weighted by Gasteiger charge is 2.18. The first-order chi connectivity index (χ1) is 15.3. The summed E-state index contributed by atoms with van der Waals surface area (Å²) in [7, 11) is 0. The Morgan fingerprint density at radius 2 is 1.53 bits per heavy atom. The maximum Gasteiger partial charge on any atom is 0.265 e. The van der Waals surface area contributed by atoms with E-state index in [1.54, 1.807) is 31.2 Å². The number of ether oxygens (including phenoxy) is 1. The molecule has 2 amide bonds. The molecular weight excluding hydrogens is 468 g/mol. The zero-order chi connectivity index (χ0) is 23.1. The number of rotatable bonds is 8. The zero-order valence-electron chi connectivity index (χ0n) is 18.4. The van der Waals surface area contributed by atoms with Crippen molar-refractivity contribution in [1.82, 2.24) is 0 Å². The molecule has 0 aromatic heterocycles. The van der Waals surface area contributed by atoms with Crippen LogP contribution in [0, 0.1) is 13.8 Å². The van der Waals surface area contributed by atoms with Crippen LogP contribution in [0.5, 0.6) is 5.75 Å². The number of carbonyl (C=O) groups is 2. The monoisotopic (exact) mass is 494 g/mol. The number of aryl methyl sites for hydroxylation is 3. The molecule has 0 heterocycles. The molecule has 0 radical (unpaired) electrons. The Morgan fingerprint density at radius 1 is 0.906 bits per heavy atom. The number of anilines is 2. The van der Waals surface area contributed by atoms with Crippen molar-refractivity contribution in [3.8, 4) is 5.75 Å². The summed E-state index contributed by atoms with van der Waals surface area (Å²) in [5.41, 5.74) is 4.26. The summed E-state index contributed by atoms with van der Waals surface area (Å²) < 4.78 is 6.90. The van der Waals surface area contributed by atoms with Crippen molar-refractivity contribution in [3.05, 3.63) is 87.9 Å². The molecule has 5 nitrogen and oxygen atoms in total. The van der Waals surface area contributed by atoms with Crippen LogP contribution in [0.3, 0.4) is 0 Å². The Kier molecular flexibility index (Phi) is 8.06. The first-order valence-electron chi connectivity index (χ1n) is 10.5. The van der Waals surface area contributed by atoms with Crippen LogP contribution in [0.1, 0.15) is 30.0 Å². The Labute approximate surface area is 197 Å². The normalized spacial score (nSPS) is 11.5. The van der Waals surface area contributed by atoms with Crippen LogP contribution in [0.15, 0.2) is 71.2 Å². The number of benzene rings is 3. The molecule has 0 bridgehead atoms. The average molecular weight is 495 g/mol. The Balaban J connectivity index is 1.56. The van der Waals surface area contributed by atoms with E-state index in [9.17, 15) is 9.59 Å². The van der Waals surface area contributed by atoms with Crippen molar-refractivity contribution < 1.29 is 14.3 Å². The van der Waals surface area contributed by atoms with E-state index >= 15 is 0 Å². The summed E-state index contributed by atoms with van der Waals surface area (Å²) in [6.07, 6.45) is 0.377. The minimum absolute atomic E-state index is 0.0739. The molecule has 6 heteroatoms. The van der Waals surface area contributed by atoms with Crippen molar-refractivity contribution in [2.75, 3.05) is 10.6 Å². The molecule has 3 aromatic carbocycles. The molecule has 0 fully saturated rings. The van der Waals surface area contributed by atoms with Crippen LogP contribution in [0.2, 0.25) is 0 Å². The van der Waals surface area contributed by atoms with E-state index in [1.807, 2.05) is 56.3 Å². The SMILES string of the molecule is Cc1cc(Br)cc(C)c1OC(C)C(=O)Nc1cccc(NC(=O)CCc2ccccc2)c1. The summed E-state index contributed by atoms with van der Waals surface area (Å²) >= 11 is 3.47. The number of carbonyl (C=O) groups excluding carboxylic acids is 2. The Bertz CT molecular complexity index is 1080. The van der Waals surface area contributed by atoms with Gasteiger partial charge >= 0.3 is 0 Å². The van der Waals surface area contributed by atoms with Crippen molar-refractivity contribution in [2.24, 2.45) is 0 Å². The molecule has 3 aromatic rings. The summed E-state index contributed by atoms with van der Waals surface area (Å²) in [6.45, 7) is 5.61. The van der Waals surface area contributed by atoms with Gasteiger partial charge < -0.3 is 15.4 Å². The minimum Gasteiger partial charge on any atom is -0.480 e. The topological polar surface area (TPSA) is 67.4 Å². The van der Waals surface area contributed by atoms with Gasteiger partial charge in [-0.3, -0.25) is 9.59 Å². The lowest BCUT2D eigenvalue weighted by Gasteiger charge is -2.18. The number of hydrogen-bond donors (Lipinski definition) is 2. The van der Waals surface area contributed by atoms with E-state index in [0.717, 1.165) is 21.2 Å². The zero-order valence-corrected chi connectivity index (χ0v) is 20.0. The fraction of sp³-hybridized carbons (Fsp3) is 0.231. The summed E-state index contributed by atoms with van der Waals surface area (Å²) in [5, 5.41) is 5.75. The van der Waals surface area contributed by atoms with E-state index in [2.05, 4.69) is 26.6 Å². The second-order valence-corrected chi connectivity index (χ2v) is 8.65. The Morgan fingerprint density at radius 3 is 2.19 bits per heavy atom. The Hall–Kier alpha value is -3.12. The molecule has 0 spiro atoms. The van der Waals surface area contributed by atoms with Gasteiger partial charge in [-0.2, -0.15) is 0 Å². The van der Waals surface area contributed by atoms with Gasteiger partial charge in [0.1, 0.15) is 5.75 Å². The fourth-order valence-corrected chi connectivity index (χ4v) is 4.05. The van der Waals surface area contributed by atoms with E-state index in [0.29, 0.717) is 30.0 Å². The second kappa shape index (κ2) is 11.0. The van der Waals surface area contributed by atoms with Crippen molar-refractivity contribution in [2.45, 2.75) is 39.7 Å². The molecule has 3 rings (SSSR count). The molecule has 2 N–H and O–H groups in total. The van der Waals surface area contributed by atoms with Gasteiger partial charge in [0.25, 0.3) is 5.91 Å².